The lowest BCUT2D eigenvalue weighted by Gasteiger charge is -2.19. The van der Waals surface area contributed by atoms with Gasteiger partial charge in [0.1, 0.15) is 0 Å². The number of hydrogen-bond donors (Lipinski definition) is 2. The van der Waals surface area contributed by atoms with E-state index in [1.807, 2.05) is 0 Å². The van der Waals surface area contributed by atoms with Crippen molar-refractivity contribution in [2.45, 2.75) is 6.42 Å². The molecule has 2 fully saturated rings. The molecule has 2 bridgehead atoms. The minimum Gasteiger partial charge on any atom is -0.355 e. The van der Waals surface area contributed by atoms with Crippen LogP contribution < -0.4 is 10.6 Å². The molecule has 1 saturated heterocycles. The maximum atomic E-state index is 12.6. The fourth-order valence-electron chi connectivity index (χ4n) is 4.01. The van der Waals surface area contributed by atoms with E-state index in [9.17, 15) is 14.4 Å². The van der Waals surface area contributed by atoms with Crippen LogP contribution in [0.3, 0.4) is 0 Å². The number of hydrogen-bond acceptors (Lipinski definition) is 4. The number of rotatable bonds is 5. The molecule has 0 spiro atoms. The molecule has 2 N–H and O–H groups in total. The second-order valence-electron chi connectivity index (χ2n) is 6.97. The molecule has 3 rings (SSSR count). The summed E-state index contributed by atoms with van der Waals surface area (Å²) in [4.78, 5) is 43.6. The van der Waals surface area contributed by atoms with Crippen LogP contribution in [0.5, 0.6) is 0 Å². The number of imide groups is 1. The van der Waals surface area contributed by atoms with E-state index < -0.39 is 0 Å². The Morgan fingerprint density at radius 1 is 1.20 bits per heavy atom. The zero-order valence-electron chi connectivity index (χ0n) is 14.9. The summed E-state index contributed by atoms with van der Waals surface area (Å²) in [6.07, 6.45) is 5.12. The van der Waals surface area contributed by atoms with Crippen LogP contribution in [-0.4, -0.2) is 74.3 Å². The standard InChI is InChI=1S/C17H25N5O3/c1-18-17(20-9-12(23)21(2)3)19-6-7-22-15(24)13-10-4-5-11(8-10)14(13)16(22)25/h4-5,10-11,13-14H,6-9H2,1-3H3,(H2,18,19,20). The number of nitrogens with zero attached hydrogens (tertiary/aromatic N) is 3. The lowest BCUT2D eigenvalue weighted by Crippen LogP contribution is -2.46. The zero-order valence-corrected chi connectivity index (χ0v) is 14.9. The minimum absolute atomic E-state index is 0.0422. The number of likely N-dealkylation sites (tertiary alicyclic amines) is 1. The van der Waals surface area contributed by atoms with Crippen LogP contribution in [0.4, 0.5) is 0 Å². The normalized spacial score (nSPS) is 30.0. The van der Waals surface area contributed by atoms with E-state index in [0.717, 1.165) is 6.42 Å². The summed E-state index contributed by atoms with van der Waals surface area (Å²) < 4.78 is 0. The molecule has 1 aliphatic heterocycles. The molecule has 25 heavy (non-hydrogen) atoms. The van der Waals surface area contributed by atoms with Crippen LogP contribution in [0.2, 0.25) is 0 Å². The average Bonchev–Trinajstić information content (AvgIpc) is 3.26. The molecule has 2 aliphatic carbocycles. The highest BCUT2D eigenvalue weighted by atomic mass is 16.2. The number of nitrogens with one attached hydrogen (secondary N) is 2. The molecule has 0 aromatic rings. The van der Waals surface area contributed by atoms with Crippen molar-refractivity contribution in [3.63, 3.8) is 0 Å². The number of carbonyl (C=O) groups is 3. The van der Waals surface area contributed by atoms with Gasteiger partial charge in [0.2, 0.25) is 17.7 Å². The highest BCUT2D eigenvalue weighted by Gasteiger charge is 2.58. The smallest absolute Gasteiger partial charge is 0.241 e. The van der Waals surface area contributed by atoms with Crippen molar-refractivity contribution in [3.8, 4) is 0 Å². The van der Waals surface area contributed by atoms with E-state index in [0.29, 0.717) is 19.0 Å². The van der Waals surface area contributed by atoms with Gasteiger partial charge >= 0.3 is 0 Å². The van der Waals surface area contributed by atoms with Crippen LogP contribution >= 0.6 is 0 Å². The summed E-state index contributed by atoms with van der Waals surface area (Å²) in [5.74, 6) is 0.473. The fourth-order valence-corrected chi connectivity index (χ4v) is 4.01. The third-order valence-electron chi connectivity index (χ3n) is 5.32. The van der Waals surface area contributed by atoms with Crippen LogP contribution in [-0.2, 0) is 14.4 Å². The molecule has 0 aromatic carbocycles. The van der Waals surface area contributed by atoms with Gasteiger partial charge < -0.3 is 15.5 Å². The molecule has 4 unspecified atom stereocenters. The first-order valence-corrected chi connectivity index (χ1v) is 8.62. The summed E-state index contributed by atoms with van der Waals surface area (Å²) in [6.45, 7) is 0.843. The van der Waals surface area contributed by atoms with Crippen molar-refractivity contribution < 1.29 is 14.4 Å². The Labute approximate surface area is 147 Å². The number of allylic oxidation sites excluding steroid dienone is 2. The maximum absolute atomic E-state index is 12.6. The van der Waals surface area contributed by atoms with Gasteiger partial charge in [0.25, 0.3) is 0 Å². The molecule has 0 radical (unpaired) electrons. The van der Waals surface area contributed by atoms with Gasteiger partial charge in [0.15, 0.2) is 5.96 Å². The topological polar surface area (TPSA) is 94.1 Å². The van der Waals surface area contributed by atoms with Crippen molar-refractivity contribution in [2.75, 3.05) is 40.8 Å². The lowest BCUT2D eigenvalue weighted by atomic mass is 9.85. The summed E-state index contributed by atoms with van der Waals surface area (Å²) >= 11 is 0. The van der Waals surface area contributed by atoms with Gasteiger partial charge in [-0.3, -0.25) is 24.3 Å². The van der Waals surface area contributed by atoms with Gasteiger partial charge in [-0.15, -0.1) is 0 Å². The molecular weight excluding hydrogens is 322 g/mol. The van der Waals surface area contributed by atoms with Crippen LogP contribution in [0, 0.1) is 23.7 Å². The Balaban J connectivity index is 1.48. The molecule has 8 heteroatoms. The first kappa shape index (κ1) is 17.4. The molecular formula is C17H25N5O3. The van der Waals surface area contributed by atoms with Gasteiger partial charge in [-0.2, -0.15) is 0 Å². The average molecular weight is 347 g/mol. The Hall–Kier alpha value is -2.38. The van der Waals surface area contributed by atoms with E-state index in [1.165, 1.54) is 9.80 Å². The number of aliphatic imine (C=N–C) groups is 1. The highest BCUT2D eigenvalue weighted by molar-refractivity contribution is 6.06. The van der Waals surface area contributed by atoms with Crippen molar-refractivity contribution in [3.05, 3.63) is 12.2 Å². The first-order chi connectivity index (χ1) is 11.9. The van der Waals surface area contributed by atoms with Gasteiger partial charge in [0.05, 0.1) is 18.4 Å². The number of fused-ring (bicyclic) bond motifs is 5. The van der Waals surface area contributed by atoms with E-state index in [2.05, 4.69) is 27.8 Å². The maximum Gasteiger partial charge on any atom is 0.241 e. The highest BCUT2D eigenvalue weighted by Crippen LogP contribution is 2.52. The molecule has 4 atom stereocenters. The predicted octanol–water partition coefficient (Wildman–Crippen LogP) is -0.953. The van der Waals surface area contributed by atoms with Crippen molar-refractivity contribution in [1.82, 2.24) is 20.4 Å². The quantitative estimate of drug-likeness (QED) is 0.289. The molecule has 8 nitrogen and oxygen atoms in total. The molecule has 3 amide bonds. The Kier molecular flexibility index (Phi) is 4.78. The molecule has 1 heterocycles. The largest absolute Gasteiger partial charge is 0.355 e. The van der Waals surface area contributed by atoms with E-state index in [1.54, 1.807) is 21.1 Å². The number of guanidine groups is 1. The molecule has 136 valence electrons. The summed E-state index contributed by atoms with van der Waals surface area (Å²) in [7, 11) is 4.97. The minimum atomic E-state index is -0.155. The van der Waals surface area contributed by atoms with Gasteiger partial charge in [0, 0.05) is 34.2 Å². The van der Waals surface area contributed by atoms with Crippen molar-refractivity contribution in [2.24, 2.45) is 28.7 Å². The Bertz CT molecular complexity index is 612. The van der Waals surface area contributed by atoms with E-state index >= 15 is 0 Å². The second kappa shape index (κ2) is 6.85. The second-order valence-corrected chi connectivity index (χ2v) is 6.97. The first-order valence-electron chi connectivity index (χ1n) is 8.62. The lowest BCUT2D eigenvalue weighted by molar-refractivity contribution is -0.140. The van der Waals surface area contributed by atoms with Crippen molar-refractivity contribution in [1.29, 1.82) is 0 Å². The van der Waals surface area contributed by atoms with Crippen molar-refractivity contribution >= 4 is 23.7 Å². The monoisotopic (exact) mass is 347 g/mol. The summed E-state index contributed by atoms with van der Waals surface area (Å²) in [6, 6.07) is 0. The van der Waals surface area contributed by atoms with E-state index in [-0.39, 0.29) is 47.9 Å². The van der Waals surface area contributed by atoms with Crippen LogP contribution in [0.15, 0.2) is 17.1 Å². The number of carbonyl (C=O) groups excluding carboxylic acids is 3. The summed E-state index contributed by atoms with van der Waals surface area (Å²) in [5, 5.41) is 5.95. The van der Waals surface area contributed by atoms with E-state index in [4.69, 9.17) is 0 Å². The Morgan fingerprint density at radius 3 is 2.32 bits per heavy atom. The molecule has 1 saturated carbocycles. The number of likely N-dealkylation sites (N-methyl/N-ethyl adjacent to an activating group) is 1. The summed E-state index contributed by atoms with van der Waals surface area (Å²) in [5.41, 5.74) is 0. The van der Waals surface area contributed by atoms with Crippen LogP contribution in [0.1, 0.15) is 6.42 Å². The van der Waals surface area contributed by atoms with Gasteiger partial charge in [-0.1, -0.05) is 12.2 Å². The van der Waals surface area contributed by atoms with Gasteiger partial charge in [-0.25, -0.2) is 0 Å². The van der Waals surface area contributed by atoms with Gasteiger partial charge in [-0.05, 0) is 18.3 Å². The SMILES string of the molecule is CN=C(NCCN1C(=O)C2C3C=CC(C3)C2C1=O)NCC(=O)N(C)C. The van der Waals surface area contributed by atoms with Crippen LogP contribution in [0.25, 0.3) is 0 Å². The zero-order chi connectivity index (χ0) is 18.1. The third-order valence-corrected chi connectivity index (χ3v) is 5.32. The third kappa shape index (κ3) is 3.12. The predicted molar refractivity (Wildman–Crippen MR) is 92.5 cm³/mol. The molecule has 3 aliphatic rings. The fraction of sp³-hybridized carbons (Fsp3) is 0.647. The number of amides is 3. The molecule has 0 aromatic heterocycles. The Morgan fingerprint density at radius 2 is 1.80 bits per heavy atom.